The molecule has 1 aliphatic heterocycles. The lowest BCUT2D eigenvalue weighted by molar-refractivity contribution is -0.120. The monoisotopic (exact) mass is 293 g/mol. The second-order valence-corrected chi connectivity index (χ2v) is 5.94. The molecule has 4 nitrogen and oxygen atoms in total. The fourth-order valence-electron chi connectivity index (χ4n) is 2.47. The molecule has 2 aliphatic rings. The zero-order valence-electron chi connectivity index (χ0n) is 11.5. The van der Waals surface area contributed by atoms with E-state index in [1.165, 1.54) is 18.4 Å². The smallest absolute Gasteiger partial charge is 0.221 e. The number of benzene rings is 1. The second kappa shape index (κ2) is 6.02. The van der Waals surface area contributed by atoms with Crippen LogP contribution in [0.25, 0.3) is 0 Å². The van der Waals surface area contributed by atoms with Crippen LogP contribution in [0.5, 0.6) is 0 Å². The minimum absolute atomic E-state index is 0.119. The first-order valence-electron chi connectivity index (χ1n) is 7.26. The molecule has 0 bridgehead atoms. The van der Waals surface area contributed by atoms with Crippen LogP contribution in [-0.4, -0.2) is 31.6 Å². The number of halogens is 1. The number of carbonyl (C=O) groups is 1. The van der Waals surface area contributed by atoms with Crippen molar-refractivity contribution in [3.05, 3.63) is 28.8 Å². The van der Waals surface area contributed by atoms with Crippen molar-refractivity contribution in [1.82, 2.24) is 10.6 Å². The molecule has 0 atom stereocenters. The summed E-state index contributed by atoms with van der Waals surface area (Å²) in [7, 11) is 0. The molecule has 0 aromatic heterocycles. The predicted octanol–water partition coefficient (Wildman–Crippen LogP) is 1.92. The Kier molecular flexibility index (Phi) is 4.13. The van der Waals surface area contributed by atoms with Gasteiger partial charge < -0.3 is 15.5 Å². The highest BCUT2D eigenvalue weighted by Crippen LogP contribution is 2.28. The molecule has 108 valence electrons. The molecule has 5 heteroatoms. The number of amides is 1. The maximum Gasteiger partial charge on any atom is 0.221 e. The molecule has 1 saturated carbocycles. The van der Waals surface area contributed by atoms with Crippen LogP contribution in [0.15, 0.2) is 18.2 Å². The van der Waals surface area contributed by atoms with Crippen molar-refractivity contribution in [3.63, 3.8) is 0 Å². The van der Waals surface area contributed by atoms with E-state index in [4.69, 9.17) is 11.6 Å². The van der Waals surface area contributed by atoms with Crippen molar-refractivity contribution in [2.75, 3.05) is 24.5 Å². The largest absolute Gasteiger partial charge is 0.368 e. The Hall–Kier alpha value is -1.26. The summed E-state index contributed by atoms with van der Waals surface area (Å²) in [5, 5.41) is 7.14. The molecule has 1 aliphatic carbocycles. The van der Waals surface area contributed by atoms with Crippen LogP contribution in [0.1, 0.15) is 24.8 Å². The third kappa shape index (κ3) is 3.44. The Morgan fingerprint density at radius 2 is 2.20 bits per heavy atom. The molecule has 2 N–H and O–H groups in total. The number of carbonyl (C=O) groups excluding carboxylic acids is 1. The average molecular weight is 294 g/mol. The van der Waals surface area contributed by atoms with Gasteiger partial charge in [-0.15, -0.1) is 0 Å². The summed E-state index contributed by atoms with van der Waals surface area (Å²) < 4.78 is 0. The van der Waals surface area contributed by atoms with Gasteiger partial charge in [-0.05, 0) is 30.5 Å². The van der Waals surface area contributed by atoms with Crippen LogP contribution in [0.3, 0.4) is 0 Å². The number of hydrogen-bond acceptors (Lipinski definition) is 3. The molecular formula is C15H20ClN3O. The van der Waals surface area contributed by atoms with Crippen molar-refractivity contribution < 1.29 is 4.79 Å². The van der Waals surface area contributed by atoms with E-state index in [1.807, 2.05) is 6.07 Å². The van der Waals surface area contributed by atoms with E-state index in [0.29, 0.717) is 19.0 Å². The van der Waals surface area contributed by atoms with Crippen molar-refractivity contribution in [2.24, 2.45) is 0 Å². The number of anilines is 1. The summed E-state index contributed by atoms with van der Waals surface area (Å²) in [6, 6.07) is 6.93. The average Bonchev–Trinajstić information content (AvgIpc) is 3.25. The van der Waals surface area contributed by atoms with Gasteiger partial charge in [0, 0.05) is 38.6 Å². The van der Waals surface area contributed by atoms with Gasteiger partial charge in [-0.25, -0.2) is 0 Å². The molecule has 0 radical (unpaired) electrons. The third-order valence-corrected chi connectivity index (χ3v) is 4.14. The van der Waals surface area contributed by atoms with Crippen LogP contribution in [0, 0.1) is 0 Å². The van der Waals surface area contributed by atoms with Crippen LogP contribution >= 0.6 is 11.6 Å². The van der Waals surface area contributed by atoms with Gasteiger partial charge >= 0.3 is 0 Å². The van der Waals surface area contributed by atoms with Gasteiger partial charge in [-0.2, -0.15) is 0 Å². The van der Waals surface area contributed by atoms with E-state index in [0.717, 1.165) is 30.3 Å². The Bertz CT molecular complexity index is 502. The third-order valence-electron chi connectivity index (χ3n) is 3.84. The molecule has 1 heterocycles. The molecule has 3 rings (SSSR count). The molecule has 1 saturated heterocycles. The molecule has 1 aromatic carbocycles. The first kappa shape index (κ1) is 13.7. The minimum atomic E-state index is 0.119. The summed E-state index contributed by atoms with van der Waals surface area (Å²) in [5.41, 5.74) is 2.24. The van der Waals surface area contributed by atoms with Crippen molar-refractivity contribution in [1.29, 1.82) is 0 Å². The molecule has 20 heavy (non-hydrogen) atoms. The molecule has 2 fully saturated rings. The van der Waals surface area contributed by atoms with Gasteiger partial charge in [0.05, 0.1) is 10.7 Å². The molecule has 1 amide bonds. The lowest BCUT2D eigenvalue weighted by Crippen LogP contribution is -2.28. The summed E-state index contributed by atoms with van der Waals surface area (Å²) in [4.78, 5) is 13.6. The Balaban J connectivity index is 1.67. The SMILES string of the molecule is O=C1CCN(c2ccc(CNC3CC3)cc2Cl)CCN1. The van der Waals surface area contributed by atoms with Crippen LogP contribution < -0.4 is 15.5 Å². The first-order chi connectivity index (χ1) is 9.72. The van der Waals surface area contributed by atoms with Gasteiger partial charge in [-0.1, -0.05) is 17.7 Å². The highest BCUT2D eigenvalue weighted by Gasteiger charge is 2.20. The maximum absolute atomic E-state index is 11.4. The fourth-order valence-corrected chi connectivity index (χ4v) is 2.80. The van der Waals surface area contributed by atoms with E-state index in [-0.39, 0.29) is 5.91 Å². The Labute approximate surface area is 124 Å². The quantitative estimate of drug-likeness (QED) is 0.891. The predicted molar refractivity (Wildman–Crippen MR) is 81.2 cm³/mol. The molecule has 1 aromatic rings. The highest BCUT2D eigenvalue weighted by molar-refractivity contribution is 6.33. The zero-order chi connectivity index (χ0) is 13.9. The second-order valence-electron chi connectivity index (χ2n) is 5.53. The van der Waals surface area contributed by atoms with Crippen molar-refractivity contribution in [3.8, 4) is 0 Å². The summed E-state index contributed by atoms with van der Waals surface area (Å²) in [5.74, 6) is 0.119. The van der Waals surface area contributed by atoms with Crippen molar-refractivity contribution in [2.45, 2.75) is 31.8 Å². The van der Waals surface area contributed by atoms with E-state index in [2.05, 4.69) is 27.7 Å². The van der Waals surface area contributed by atoms with Gasteiger partial charge in [0.15, 0.2) is 0 Å². The molecule has 0 unspecified atom stereocenters. The van der Waals surface area contributed by atoms with Crippen LogP contribution in [-0.2, 0) is 11.3 Å². The van der Waals surface area contributed by atoms with E-state index in [9.17, 15) is 4.79 Å². The first-order valence-corrected chi connectivity index (χ1v) is 7.63. The van der Waals surface area contributed by atoms with E-state index in [1.54, 1.807) is 0 Å². The summed E-state index contributed by atoms with van der Waals surface area (Å²) >= 11 is 6.41. The lowest BCUT2D eigenvalue weighted by Gasteiger charge is -2.23. The highest BCUT2D eigenvalue weighted by atomic mass is 35.5. The minimum Gasteiger partial charge on any atom is -0.368 e. The normalized spacial score (nSPS) is 19.6. The number of nitrogens with one attached hydrogen (secondary N) is 2. The molecular weight excluding hydrogens is 274 g/mol. The number of rotatable bonds is 4. The van der Waals surface area contributed by atoms with Gasteiger partial charge in [-0.3, -0.25) is 4.79 Å². The van der Waals surface area contributed by atoms with Gasteiger partial charge in [0.1, 0.15) is 0 Å². The summed E-state index contributed by atoms with van der Waals surface area (Å²) in [6.07, 6.45) is 3.11. The maximum atomic E-state index is 11.4. The summed E-state index contributed by atoms with van der Waals surface area (Å²) in [6.45, 7) is 3.10. The standard InChI is InChI=1S/C15H20ClN3O/c16-13-9-11(10-18-12-2-3-12)1-4-14(13)19-7-5-15(20)17-6-8-19/h1,4,9,12,18H,2-3,5-8,10H2,(H,17,20). The van der Waals surface area contributed by atoms with Gasteiger partial charge in [0.2, 0.25) is 5.91 Å². The Morgan fingerprint density at radius 1 is 1.35 bits per heavy atom. The van der Waals surface area contributed by atoms with Gasteiger partial charge in [0.25, 0.3) is 0 Å². The fraction of sp³-hybridized carbons (Fsp3) is 0.533. The lowest BCUT2D eigenvalue weighted by atomic mass is 10.2. The topological polar surface area (TPSA) is 44.4 Å². The van der Waals surface area contributed by atoms with Crippen LogP contribution in [0.4, 0.5) is 5.69 Å². The van der Waals surface area contributed by atoms with E-state index < -0.39 is 0 Å². The Morgan fingerprint density at radius 3 is 2.95 bits per heavy atom. The number of nitrogens with zero attached hydrogens (tertiary/aromatic N) is 1. The molecule has 0 spiro atoms. The van der Waals surface area contributed by atoms with Crippen LogP contribution in [0.2, 0.25) is 5.02 Å². The zero-order valence-corrected chi connectivity index (χ0v) is 12.2. The van der Waals surface area contributed by atoms with E-state index >= 15 is 0 Å². The van der Waals surface area contributed by atoms with Crippen molar-refractivity contribution >= 4 is 23.2 Å². The number of hydrogen-bond donors (Lipinski definition) is 2.